The molecule has 3 rings (SSSR count). The summed E-state index contributed by atoms with van der Waals surface area (Å²) in [7, 11) is 0. The van der Waals surface area contributed by atoms with Gasteiger partial charge in [-0.3, -0.25) is 0 Å². The molecule has 0 atom stereocenters. The van der Waals surface area contributed by atoms with E-state index in [0.717, 1.165) is 12.1 Å². The Kier molecular flexibility index (Phi) is 9.14. The third-order valence-corrected chi connectivity index (χ3v) is 5.17. The highest BCUT2D eigenvalue weighted by Crippen LogP contribution is 2.31. The van der Waals surface area contributed by atoms with Crippen molar-refractivity contribution in [1.82, 2.24) is 15.3 Å². The number of anilines is 3. The van der Waals surface area contributed by atoms with Gasteiger partial charge in [0.15, 0.2) is 5.82 Å². The maximum Gasteiger partial charge on any atom is 0.425 e. The number of nitrogens with zero attached hydrogens (tertiary/aromatic N) is 3. The molecule has 2 aromatic rings. The molecule has 1 aromatic carbocycles. The number of halogens is 3. The average molecular weight is 587 g/mol. The summed E-state index contributed by atoms with van der Waals surface area (Å²) in [5, 5.41) is 14.3. The van der Waals surface area contributed by atoms with Gasteiger partial charge in [0.2, 0.25) is 5.95 Å². The normalized spacial score (nSPS) is 14.5. The molecule has 2 heterocycles. The maximum atomic E-state index is 13.3. The standard InChI is InChI=1S/C29H33F3N6O4/c1-17(33)23(20-10-8-9-15-34-20)21-16-22(38(25(39)41-27(2,3)4)26(40)42-28(5,6)7)37-24(36-21)35-19-13-11-18(12-14-19)29(30,31)32/h8-16,33-34H,1-7H3,(H,35,36,37)/b23-20+,33-17?. The quantitative estimate of drug-likeness (QED) is 0.310. The van der Waals surface area contributed by atoms with Gasteiger partial charge in [0, 0.05) is 34.9 Å². The molecular weight excluding hydrogens is 553 g/mol. The molecule has 0 saturated heterocycles. The van der Waals surface area contributed by atoms with Crippen LogP contribution in [0.5, 0.6) is 0 Å². The Labute approximate surface area is 241 Å². The van der Waals surface area contributed by atoms with Crippen LogP contribution >= 0.6 is 0 Å². The fourth-order valence-corrected chi connectivity index (χ4v) is 3.56. The van der Waals surface area contributed by atoms with Gasteiger partial charge in [-0.2, -0.15) is 23.1 Å². The minimum atomic E-state index is -4.53. The highest BCUT2D eigenvalue weighted by atomic mass is 19.4. The summed E-state index contributed by atoms with van der Waals surface area (Å²) in [5.74, 6) is -0.429. The van der Waals surface area contributed by atoms with Crippen molar-refractivity contribution in [2.24, 2.45) is 0 Å². The van der Waals surface area contributed by atoms with Crippen LogP contribution < -0.4 is 15.5 Å². The number of imide groups is 1. The number of carbonyl (C=O) groups excluding carboxylic acids is 2. The van der Waals surface area contributed by atoms with Crippen LogP contribution in [0, 0.1) is 5.41 Å². The van der Waals surface area contributed by atoms with Gasteiger partial charge in [-0.25, -0.2) is 14.6 Å². The van der Waals surface area contributed by atoms with Gasteiger partial charge in [-0.1, -0.05) is 6.08 Å². The molecule has 0 bridgehead atoms. The molecule has 0 unspecified atom stereocenters. The number of ether oxygens (including phenoxy) is 2. The summed E-state index contributed by atoms with van der Waals surface area (Å²) in [6.45, 7) is 11.3. The van der Waals surface area contributed by atoms with E-state index in [1.807, 2.05) is 0 Å². The Morgan fingerprint density at radius 2 is 1.50 bits per heavy atom. The van der Waals surface area contributed by atoms with Crippen LogP contribution in [0.25, 0.3) is 5.57 Å². The van der Waals surface area contributed by atoms with Crippen molar-refractivity contribution in [3.8, 4) is 0 Å². The van der Waals surface area contributed by atoms with E-state index in [-0.39, 0.29) is 28.9 Å². The number of amides is 2. The minimum absolute atomic E-state index is 0.0867. The van der Waals surface area contributed by atoms with Gasteiger partial charge in [-0.05, 0) is 84.9 Å². The van der Waals surface area contributed by atoms with Crippen molar-refractivity contribution in [3.05, 3.63) is 71.7 Å². The molecule has 0 spiro atoms. The van der Waals surface area contributed by atoms with E-state index >= 15 is 0 Å². The van der Waals surface area contributed by atoms with E-state index in [9.17, 15) is 22.8 Å². The molecular formula is C29H33F3N6O4. The number of alkyl halides is 3. The van der Waals surface area contributed by atoms with Gasteiger partial charge in [0.05, 0.1) is 11.3 Å². The third-order valence-electron chi connectivity index (χ3n) is 5.17. The lowest BCUT2D eigenvalue weighted by molar-refractivity contribution is -0.137. The van der Waals surface area contributed by atoms with Crippen molar-refractivity contribution in [3.63, 3.8) is 0 Å². The van der Waals surface area contributed by atoms with E-state index in [0.29, 0.717) is 16.2 Å². The number of hydrogen-bond donors (Lipinski definition) is 3. The van der Waals surface area contributed by atoms with Gasteiger partial charge in [-0.15, -0.1) is 0 Å². The Morgan fingerprint density at radius 3 is 1.95 bits per heavy atom. The molecule has 0 saturated carbocycles. The SMILES string of the molecule is CC(=N)/C(=C1/C=CC=CN1)c1cc(N(C(=O)OC(C)(C)C)C(=O)OC(C)(C)C)nc(Nc2ccc(C(F)(F)F)cc2)n1. The highest BCUT2D eigenvalue weighted by Gasteiger charge is 2.35. The number of nitrogens with one attached hydrogen (secondary N) is 3. The molecule has 1 aliphatic heterocycles. The number of carbonyl (C=O) groups is 2. The van der Waals surface area contributed by atoms with Crippen molar-refractivity contribution >= 4 is 40.9 Å². The first-order chi connectivity index (χ1) is 19.3. The van der Waals surface area contributed by atoms with Gasteiger partial charge < -0.3 is 25.5 Å². The Morgan fingerprint density at radius 1 is 0.929 bits per heavy atom. The number of dihydropyridines is 1. The van der Waals surface area contributed by atoms with Crippen molar-refractivity contribution in [1.29, 1.82) is 5.41 Å². The first-order valence-corrected chi connectivity index (χ1v) is 12.8. The fourth-order valence-electron chi connectivity index (χ4n) is 3.56. The second-order valence-electron chi connectivity index (χ2n) is 11.2. The predicted molar refractivity (Wildman–Crippen MR) is 153 cm³/mol. The van der Waals surface area contributed by atoms with Gasteiger partial charge in [0.25, 0.3) is 0 Å². The van der Waals surface area contributed by atoms with Crippen molar-refractivity contribution in [2.45, 2.75) is 65.8 Å². The monoisotopic (exact) mass is 586 g/mol. The molecule has 0 radical (unpaired) electrons. The molecule has 42 heavy (non-hydrogen) atoms. The second kappa shape index (κ2) is 12.0. The van der Waals surface area contributed by atoms with E-state index in [1.54, 1.807) is 66.0 Å². The highest BCUT2D eigenvalue weighted by molar-refractivity contribution is 6.22. The molecule has 3 N–H and O–H groups in total. The zero-order valence-corrected chi connectivity index (χ0v) is 24.3. The summed E-state index contributed by atoms with van der Waals surface area (Å²) in [6.07, 6.45) is 0.151. The van der Waals surface area contributed by atoms with Crippen LogP contribution in [0.3, 0.4) is 0 Å². The largest absolute Gasteiger partial charge is 0.443 e. The molecule has 224 valence electrons. The van der Waals surface area contributed by atoms with E-state index < -0.39 is 35.1 Å². The van der Waals surface area contributed by atoms with Crippen molar-refractivity contribution < 1.29 is 32.2 Å². The topological polar surface area (TPSA) is 130 Å². The number of allylic oxidation sites excluding steroid dienone is 4. The zero-order chi connectivity index (χ0) is 31.5. The van der Waals surface area contributed by atoms with Crippen LogP contribution in [-0.4, -0.2) is 39.1 Å². The van der Waals surface area contributed by atoms with Gasteiger partial charge >= 0.3 is 18.4 Å². The first kappa shape index (κ1) is 31.8. The lowest BCUT2D eigenvalue weighted by atomic mass is 10.0. The Balaban J connectivity index is 2.23. The smallest absolute Gasteiger partial charge is 0.425 e. The van der Waals surface area contributed by atoms with Crippen LogP contribution in [0.2, 0.25) is 0 Å². The fraction of sp³-hybridized carbons (Fsp3) is 0.345. The second-order valence-corrected chi connectivity index (χ2v) is 11.2. The third kappa shape index (κ3) is 8.66. The zero-order valence-electron chi connectivity index (χ0n) is 24.3. The van der Waals surface area contributed by atoms with E-state index in [1.165, 1.54) is 25.1 Å². The first-order valence-electron chi connectivity index (χ1n) is 12.8. The minimum Gasteiger partial charge on any atom is -0.443 e. The summed E-state index contributed by atoms with van der Waals surface area (Å²) in [4.78, 5) is 36.1. The number of rotatable bonds is 5. The predicted octanol–water partition coefficient (Wildman–Crippen LogP) is 7.34. The molecule has 1 aromatic heterocycles. The number of aromatic nitrogens is 2. The summed E-state index contributed by atoms with van der Waals surface area (Å²) >= 11 is 0. The lowest BCUT2D eigenvalue weighted by Crippen LogP contribution is -2.44. The van der Waals surface area contributed by atoms with Crippen LogP contribution in [0.15, 0.2) is 60.5 Å². The molecule has 1 aliphatic rings. The number of hydrogen-bond acceptors (Lipinski definition) is 9. The molecule has 0 fully saturated rings. The Hall–Kier alpha value is -4.68. The maximum absolute atomic E-state index is 13.3. The summed E-state index contributed by atoms with van der Waals surface area (Å²) < 4.78 is 50.2. The molecule has 13 heteroatoms. The summed E-state index contributed by atoms with van der Waals surface area (Å²) in [5.41, 5.74) is -1.61. The van der Waals surface area contributed by atoms with Crippen LogP contribution in [-0.2, 0) is 15.7 Å². The molecule has 2 amide bonds. The molecule has 0 aliphatic carbocycles. The van der Waals surface area contributed by atoms with E-state index in [2.05, 4.69) is 20.6 Å². The number of benzene rings is 1. The Bertz CT molecular complexity index is 1420. The summed E-state index contributed by atoms with van der Waals surface area (Å²) in [6, 6.07) is 5.48. The van der Waals surface area contributed by atoms with Crippen LogP contribution in [0.4, 0.5) is 40.2 Å². The average Bonchev–Trinajstić information content (AvgIpc) is 2.82. The van der Waals surface area contributed by atoms with Crippen molar-refractivity contribution in [2.75, 3.05) is 10.2 Å². The molecule has 10 nitrogen and oxygen atoms in total. The van der Waals surface area contributed by atoms with Crippen LogP contribution in [0.1, 0.15) is 59.7 Å². The lowest BCUT2D eigenvalue weighted by Gasteiger charge is -2.28. The van der Waals surface area contributed by atoms with Gasteiger partial charge in [0.1, 0.15) is 11.2 Å². The van der Waals surface area contributed by atoms with E-state index in [4.69, 9.17) is 14.9 Å².